The fourth-order valence-corrected chi connectivity index (χ4v) is 5.05. The Hall–Kier alpha value is -3.06. The van der Waals surface area contributed by atoms with E-state index in [0.29, 0.717) is 28.8 Å². The van der Waals surface area contributed by atoms with Crippen molar-refractivity contribution in [3.8, 4) is 5.75 Å². The third-order valence-electron chi connectivity index (χ3n) is 5.13. The molecule has 4 rings (SSSR count). The van der Waals surface area contributed by atoms with Crippen molar-refractivity contribution >= 4 is 33.8 Å². The van der Waals surface area contributed by atoms with Crippen LogP contribution >= 0.6 is 11.3 Å². The number of benzene rings is 1. The maximum atomic E-state index is 13.2. The smallest absolute Gasteiger partial charge is 0.291 e. The van der Waals surface area contributed by atoms with Gasteiger partial charge >= 0.3 is 0 Å². The summed E-state index contributed by atoms with van der Waals surface area (Å²) in [6, 6.07) is 10.5. The highest BCUT2D eigenvalue weighted by atomic mass is 32.1. The molecule has 7 heteroatoms. The van der Waals surface area contributed by atoms with E-state index in [-0.39, 0.29) is 17.6 Å². The van der Waals surface area contributed by atoms with Crippen molar-refractivity contribution in [2.75, 3.05) is 17.2 Å². The molecule has 0 unspecified atom stereocenters. The summed E-state index contributed by atoms with van der Waals surface area (Å²) in [5, 5.41) is 6.41. The molecule has 0 bridgehead atoms. The van der Waals surface area contributed by atoms with E-state index in [2.05, 4.69) is 17.6 Å². The van der Waals surface area contributed by atoms with E-state index < -0.39 is 0 Å². The number of nitrogens with one attached hydrogen (secondary N) is 2. The Morgan fingerprint density at radius 2 is 1.97 bits per heavy atom. The number of anilines is 2. The summed E-state index contributed by atoms with van der Waals surface area (Å²) < 4.78 is 10.6. The van der Waals surface area contributed by atoms with Gasteiger partial charge in [0, 0.05) is 10.6 Å². The van der Waals surface area contributed by atoms with E-state index in [1.807, 2.05) is 31.2 Å². The first-order chi connectivity index (χ1) is 14.5. The first-order valence-electron chi connectivity index (χ1n) is 10.1. The highest BCUT2D eigenvalue weighted by molar-refractivity contribution is 7.17. The van der Waals surface area contributed by atoms with Crippen LogP contribution in [0.1, 0.15) is 51.6 Å². The van der Waals surface area contributed by atoms with Crippen molar-refractivity contribution in [1.82, 2.24) is 0 Å². The van der Waals surface area contributed by atoms with Crippen molar-refractivity contribution in [3.63, 3.8) is 0 Å². The lowest BCUT2D eigenvalue weighted by Crippen LogP contribution is -2.19. The molecule has 30 heavy (non-hydrogen) atoms. The fraction of sp³-hybridized carbons (Fsp3) is 0.304. The maximum absolute atomic E-state index is 13.2. The van der Waals surface area contributed by atoms with Crippen LogP contribution in [0.4, 0.5) is 10.7 Å². The Balaban J connectivity index is 1.61. The lowest BCUT2D eigenvalue weighted by atomic mass is 9.88. The van der Waals surface area contributed by atoms with Crippen molar-refractivity contribution in [1.29, 1.82) is 0 Å². The number of carbonyl (C=O) groups is 2. The lowest BCUT2D eigenvalue weighted by Gasteiger charge is -2.18. The number of furan rings is 1. The van der Waals surface area contributed by atoms with Crippen LogP contribution in [0.25, 0.3) is 0 Å². The Labute approximate surface area is 179 Å². The molecule has 0 spiro atoms. The molecule has 1 aliphatic carbocycles. The molecule has 6 nitrogen and oxygen atoms in total. The Morgan fingerprint density at radius 3 is 2.67 bits per heavy atom. The standard InChI is InChI=1S/C23H24N2O4S/c1-3-28-16-9-7-15(8-10-16)24-22(27)20-17-11-6-14(2)13-19(17)30-23(20)25-21(26)18-5-4-12-29-18/h4-5,7-10,12,14H,3,6,11,13H2,1-2H3,(H,24,27)(H,25,26)/t14-/m1/s1. The zero-order chi connectivity index (χ0) is 21.1. The number of carbonyl (C=O) groups excluding carboxylic acids is 2. The highest BCUT2D eigenvalue weighted by Gasteiger charge is 2.29. The molecule has 0 saturated carbocycles. The van der Waals surface area contributed by atoms with E-state index in [0.717, 1.165) is 30.6 Å². The third-order valence-corrected chi connectivity index (χ3v) is 6.30. The van der Waals surface area contributed by atoms with E-state index in [1.54, 1.807) is 12.1 Å². The highest BCUT2D eigenvalue weighted by Crippen LogP contribution is 2.40. The van der Waals surface area contributed by atoms with Crippen molar-refractivity contribution < 1.29 is 18.7 Å². The van der Waals surface area contributed by atoms with Gasteiger partial charge in [-0.3, -0.25) is 9.59 Å². The van der Waals surface area contributed by atoms with E-state index in [4.69, 9.17) is 9.15 Å². The summed E-state index contributed by atoms with van der Waals surface area (Å²) in [6.45, 7) is 4.72. The molecule has 156 valence electrons. The molecule has 2 heterocycles. The Bertz CT molecular complexity index is 1040. The van der Waals surface area contributed by atoms with Gasteiger partial charge in [-0.1, -0.05) is 6.92 Å². The molecule has 2 amide bonds. The van der Waals surface area contributed by atoms with Crippen molar-refractivity contribution in [2.24, 2.45) is 5.92 Å². The number of rotatable bonds is 6. The number of fused-ring (bicyclic) bond motifs is 1. The fourth-order valence-electron chi connectivity index (χ4n) is 3.65. The van der Waals surface area contributed by atoms with Crippen LogP contribution in [0.15, 0.2) is 47.1 Å². The molecule has 0 saturated heterocycles. The van der Waals surface area contributed by atoms with E-state index in [9.17, 15) is 9.59 Å². The van der Waals surface area contributed by atoms with Crippen LogP contribution in [-0.4, -0.2) is 18.4 Å². The van der Waals surface area contributed by atoms with Gasteiger partial charge in [-0.15, -0.1) is 11.3 Å². The van der Waals surface area contributed by atoms with Crippen molar-refractivity contribution in [2.45, 2.75) is 33.1 Å². The summed E-state index contributed by atoms with van der Waals surface area (Å²) in [5.74, 6) is 0.950. The van der Waals surface area contributed by atoms with Crippen LogP contribution in [-0.2, 0) is 12.8 Å². The van der Waals surface area contributed by atoms with Gasteiger partial charge in [-0.2, -0.15) is 0 Å². The zero-order valence-electron chi connectivity index (χ0n) is 17.0. The lowest BCUT2D eigenvalue weighted by molar-refractivity contribution is 0.0997. The molecule has 3 aromatic rings. The molecule has 2 aromatic heterocycles. The predicted molar refractivity (Wildman–Crippen MR) is 118 cm³/mol. The predicted octanol–water partition coefficient (Wildman–Crippen LogP) is 5.37. The maximum Gasteiger partial charge on any atom is 0.291 e. The van der Waals surface area contributed by atoms with Gasteiger partial charge in [-0.05, 0) is 74.1 Å². The molecule has 1 aromatic carbocycles. The summed E-state index contributed by atoms with van der Waals surface area (Å²) in [7, 11) is 0. The number of hydrogen-bond acceptors (Lipinski definition) is 5. The largest absolute Gasteiger partial charge is 0.494 e. The normalized spacial score (nSPS) is 15.3. The number of amides is 2. The second kappa shape index (κ2) is 8.75. The molecule has 0 radical (unpaired) electrons. The molecule has 2 N–H and O–H groups in total. The second-order valence-electron chi connectivity index (χ2n) is 7.40. The average molecular weight is 425 g/mol. The first-order valence-corrected chi connectivity index (χ1v) is 10.9. The molecular formula is C23H24N2O4S. The topological polar surface area (TPSA) is 80.6 Å². The molecule has 0 aliphatic heterocycles. The monoisotopic (exact) mass is 424 g/mol. The van der Waals surface area contributed by atoms with Crippen LogP contribution < -0.4 is 15.4 Å². The number of ether oxygens (including phenoxy) is 1. The summed E-state index contributed by atoms with van der Waals surface area (Å²) in [6.07, 6.45) is 4.23. The average Bonchev–Trinajstić information content (AvgIpc) is 3.37. The minimum Gasteiger partial charge on any atom is -0.494 e. The second-order valence-corrected chi connectivity index (χ2v) is 8.50. The minimum absolute atomic E-state index is 0.215. The van der Waals surface area contributed by atoms with Gasteiger partial charge in [-0.25, -0.2) is 0 Å². The first kappa shape index (κ1) is 20.2. The van der Waals surface area contributed by atoms with Crippen LogP contribution in [0.2, 0.25) is 0 Å². The Kier molecular flexibility index (Phi) is 5.90. The summed E-state index contributed by atoms with van der Waals surface area (Å²) in [4.78, 5) is 26.9. The van der Waals surface area contributed by atoms with Crippen LogP contribution in [0.5, 0.6) is 5.75 Å². The van der Waals surface area contributed by atoms with Crippen LogP contribution in [0.3, 0.4) is 0 Å². The minimum atomic E-state index is -0.359. The number of hydrogen-bond donors (Lipinski definition) is 2. The van der Waals surface area contributed by atoms with Gasteiger partial charge in [0.15, 0.2) is 5.76 Å². The van der Waals surface area contributed by atoms with E-state index in [1.165, 1.54) is 22.5 Å². The van der Waals surface area contributed by atoms with E-state index >= 15 is 0 Å². The van der Waals surface area contributed by atoms with Gasteiger partial charge in [0.2, 0.25) is 0 Å². The van der Waals surface area contributed by atoms with Crippen LogP contribution in [0, 0.1) is 5.92 Å². The SMILES string of the molecule is CCOc1ccc(NC(=O)c2c(NC(=O)c3ccco3)sc3c2CC[C@@H](C)C3)cc1. The summed E-state index contributed by atoms with van der Waals surface area (Å²) >= 11 is 1.48. The molecular weight excluding hydrogens is 400 g/mol. The van der Waals surface area contributed by atoms with Gasteiger partial charge in [0.1, 0.15) is 10.8 Å². The molecule has 1 atom stereocenters. The number of thiophene rings is 1. The third kappa shape index (κ3) is 4.26. The molecule has 1 aliphatic rings. The molecule has 0 fully saturated rings. The Morgan fingerprint density at radius 1 is 1.17 bits per heavy atom. The van der Waals surface area contributed by atoms with Gasteiger partial charge in [0.25, 0.3) is 11.8 Å². The van der Waals surface area contributed by atoms with Gasteiger partial charge in [0.05, 0.1) is 18.4 Å². The zero-order valence-corrected chi connectivity index (χ0v) is 17.8. The quantitative estimate of drug-likeness (QED) is 0.557. The summed E-state index contributed by atoms with van der Waals surface area (Å²) in [5.41, 5.74) is 2.27. The van der Waals surface area contributed by atoms with Crippen molar-refractivity contribution in [3.05, 3.63) is 64.4 Å². The van der Waals surface area contributed by atoms with Gasteiger partial charge < -0.3 is 19.8 Å².